The summed E-state index contributed by atoms with van der Waals surface area (Å²) in [7, 11) is 0. The highest BCUT2D eigenvalue weighted by atomic mass is 16.1. The lowest BCUT2D eigenvalue weighted by Gasteiger charge is -2.07. The summed E-state index contributed by atoms with van der Waals surface area (Å²) in [5.41, 5.74) is 4.71. The van der Waals surface area contributed by atoms with Crippen LogP contribution in [0, 0.1) is 0 Å². The van der Waals surface area contributed by atoms with Gasteiger partial charge in [0.2, 0.25) is 0 Å². The van der Waals surface area contributed by atoms with Gasteiger partial charge in [-0.05, 0) is 22.3 Å². The van der Waals surface area contributed by atoms with Crippen molar-refractivity contribution in [2.45, 2.75) is 12.8 Å². The molecule has 0 atom stereocenters. The molecule has 0 N–H and O–H groups in total. The van der Waals surface area contributed by atoms with E-state index < -0.39 is 0 Å². The zero-order chi connectivity index (χ0) is 12.4. The van der Waals surface area contributed by atoms with Gasteiger partial charge in [0.25, 0.3) is 0 Å². The predicted molar refractivity (Wildman–Crippen MR) is 73.9 cm³/mol. The third kappa shape index (κ3) is 2.00. The number of hydrogen-bond acceptors (Lipinski definition) is 1. The van der Waals surface area contributed by atoms with Crippen molar-refractivity contribution in [3.05, 3.63) is 71.8 Å². The van der Waals surface area contributed by atoms with Gasteiger partial charge in [0.05, 0.1) is 0 Å². The Morgan fingerprint density at radius 3 is 1.39 bits per heavy atom. The molecule has 18 heavy (non-hydrogen) atoms. The molecule has 2 aromatic rings. The molecule has 0 unspecified atom stereocenters. The maximum Gasteiger partial charge on any atom is 0.141 e. The van der Waals surface area contributed by atoms with Crippen LogP contribution >= 0.6 is 0 Å². The van der Waals surface area contributed by atoms with Gasteiger partial charge < -0.3 is 0 Å². The van der Waals surface area contributed by atoms with Gasteiger partial charge in [0.15, 0.2) is 0 Å². The van der Waals surface area contributed by atoms with Crippen molar-refractivity contribution in [2.24, 2.45) is 0 Å². The average molecular weight is 234 g/mol. The number of hydrogen-bond donors (Lipinski definition) is 0. The van der Waals surface area contributed by atoms with E-state index >= 15 is 0 Å². The highest BCUT2D eigenvalue weighted by Gasteiger charge is 2.23. The molecule has 0 radical (unpaired) electrons. The van der Waals surface area contributed by atoms with Crippen LogP contribution in [0.3, 0.4) is 0 Å². The molecule has 0 aromatic heterocycles. The molecule has 0 fully saturated rings. The SMILES string of the molecule is O=C1CC(c2ccccc2)=C(c2ccccc2)C1. The van der Waals surface area contributed by atoms with Crippen LogP contribution in [-0.4, -0.2) is 5.78 Å². The largest absolute Gasteiger partial charge is 0.299 e. The lowest BCUT2D eigenvalue weighted by Crippen LogP contribution is -1.88. The molecule has 0 aliphatic heterocycles. The highest BCUT2D eigenvalue weighted by Crippen LogP contribution is 2.37. The third-order valence-electron chi connectivity index (χ3n) is 3.36. The van der Waals surface area contributed by atoms with Crippen LogP contribution in [-0.2, 0) is 4.79 Å². The van der Waals surface area contributed by atoms with Gasteiger partial charge in [-0.1, -0.05) is 60.7 Å². The summed E-state index contributed by atoms with van der Waals surface area (Å²) in [5.74, 6) is 0.313. The first-order chi connectivity index (χ1) is 8.84. The fraction of sp³-hybridized carbons (Fsp3) is 0.118. The molecule has 1 aliphatic rings. The third-order valence-corrected chi connectivity index (χ3v) is 3.36. The fourth-order valence-electron chi connectivity index (χ4n) is 2.50. The quantitative estimate of drug-likeness (QED) is 0.768. The maximum absolute atomic E-state index is 11.8. The molecule has 1 heteroatoms. The smallest absolute Gasteiger partial charge is 0.141 e. The zero-order valence-corrected chi connectivity index (χ0v) is 10.1. The molecule has 0 saturated carbocycles. The molecule has 1 aliphatic carbocycles. The first kappa shape index (κ1) is 11.0. The number of rotatable bonds is 2. The molecule has 0 bridgehead atoms. The lowest BCUT2D eigenvalue weighted by molar-refractivity contribution is -0.116. The number of benzene rings is 2. The average Bonchev–Trinajstić information content (AvgIpc) is 2.83. The van der Waals surface area contributed by atoms with Crippen molar-refractivity contribution in [1.82, 2.24) is 0 Å². The Morgan fingerprint density at radius 2 is 1.00 bits per heavy atom. The number of carbonyl (C=O) groups excluding carboxylic acids is 1. The van der Waals surface area contributed by atoms with Crippen molar-refractivity contribution in [1.29, 1.82) is 0 Å². The minimum absolute atomic E-state index is 0.313. The van der Waals surface area contributed by atoms with Crippen LogP contribution in [0.15, 0.2) is 60.7 Å². The number of Topliss-reactive ketones (excluding diaryl/α,β-unsaturated/α-hetero) is 1. The van der Waals surface area contributed by atoms with Gasteiger partial charge in [0, 0.05) is 12.8 Å². The second-order valence-electron chi connectivity index (χ2n) is 4.58. The van der Waals surface area contributed by atoms with E-state index in [1.807, 2.05) is 36.4 Å². The zero-order valence-electron chi connectivity index (χ0n) is 10.1. The fourth-order valence-corrected chi connectivity index (χ4v) is 2.50. The number of ketones is 1. The van der Waals surface area contributed by atoms with Gasteiger partial charge in [0.1, 0.15) is 5.78 Å². The molecular weight excluding hydrogens is 220 g/mol. The van der Waals surface area contributed by atoms with Crippen molar-refractivity contribution in [3.63, 3.8) is 0 Å². The van der Waals surface area contributed by atoms with Crippen molar-refractivity contribution >= 4 is 16.9 Å². The van der Waals surface area contributed by atoms with Crippen LogP contribution in [0.2, 0.25) is 0 Å². The Bertz CT molecular complexity index is 541. The lowest BCUT2D eigenvalue weighted by atomic mass is 9.97. The van der Waals surface area contributed by atoms with Gasteiger partial charge in [-0.3, -0.25) is 4.79 Å². The number of allylic oxidation sites excluding steroid dienone is 2. The summed E-state index contributed by atoms with van der Waals surface area (Å²) < 4.78 is 0. The summed E-state index contributed by atoms with van der Waals surface area (Å²) in [5, 5.41) is 0. The van der Waals surface area contributed by atoms with E-state index in [-0.39, 0.29) is 0 Å². The molecule has 0 spiro atoms. The molecule has 3 rings (SSSR count). The molecule has 88 valence electrons. The predicted octanol–water partition coefficient (Wildman–Crippen LogP) is 3.96. The monoisotopic (exact) mass is 234 g/mol. The Hall–Kier alpha value is -2.15. The second-order valence-corrected chi connectivity index (χ2v) is 4.58. The minimum Gasteiger partial charge on any atom is -0.299 e. The summed E-state index contributed by atoms with van der Waals surface area (Å²) in [4.78, 5) is 11.8. The molecule has 0 heterocycles. The Kier molecular flexibility index (Phi) is 2.81. The van der Waals surface area contributed by atoms with Crippen LogP contribution in [0.5, 0.6) is 0 Å². The Balaban J connectivity index is 2.11. The first-order valence-electron chi connectivity index (χ1n) is 6.19. The van der Waals surface area contributed by atoms with Gasteiger partial charge >= 0.3 is 0 Å². The van der Waals surface area contributed by atoms with E-state index in [1.165, 1.54) is 22.3 Å². The van der Waals surface area contributed by atoms with Crippen LogP contribution in [0.25, 0.3) is 11.1 Å². The molecule has 0 amide bonds. The van der Waals surface area contributed by atoms with E-state index in [0.29, 0.717) is 18.6 Å². The molecular formula is C17H14O. The van der Waals surface area contributed by atoms with Gasteiger partial charge in [-0.15, -0.1) is 0 Å². The molecule has 2 aromatic carbocycles. The van der Waals surface area contributed by atoms with E-state index in [0.717, 1.165) is 0 Å². The van der Waals surface area contributed by atoms with Gasteiger partial charge in [-0.25, -0.2) is 0 Å². The summed E-state index contributed by atoms with van der Waals surface area (Å²) in [6, 6.07) is 20.4. The van der Waals surface area contributed by atoms with Crippen molar-refractivity contribution in [3.8, 4) is 0 Å². The van der Waals surface area contributed by atoms with E-state index in [9.17, 15) is 4.79 Å². The molecule has 1 nitrogen and oxygen atoms in total. The van der Waals surface area contributed by atoms with Crippen LogP contribution in [0.1, 0.15) is 24.0 Å². The van der Waals surface area contributed by atoms with Crippen molar-refractivity contribution < 1.29 is 4.79 Å². The normalized spacial score (nSPS) is 15.2. The summed E-state index contributed by atoms with van der Waals surface area (Å²) in [6.07, 6.45) is 1.13. The minimum atomic E-state index is 0.313. The summed E-state index contributed by atoms with van der Waals surface area (Å²) >= 11 is 0. The van der Waals surface area contributed by atoms with E-state index in [1.54, 1.807) is 0 Å². The van der Waals surface area contributed by atoms with Crippen LogP contribution < -0.4 is 0 Å². The van der Waals surface area contributed by atoms with Gasteiger partial charge in [-0.2, -0.15) is 0 Å². The summed E-state index contributed by atoms with van der Waals surface area (Å²) in [6.45, 7) is 0. The standard InChI is InChI=1S/C17H14O/c18-15-11-16(13-7-3-1-4-8-13)17(12-15)14-9-5-2-6-10-14/h1-10H,11-12H2. The number of carbonyl (C=O) groups is 1. The van der Waals surface area contributed by atoms with E-state index in [4.69, 9.17) is 0 Å². The highest BCUT2D eigenvalue weighted by molar-refractivity contribution is 6.11. The van der Waals surface area contributed by atoms with Crippen molar-refractivity contribution in [2.75, 3.05) is 0 Å². The topological polar surface area (TPSA) is 17.1 Å². The molecule has 0 saturated heterocycles. The maximum atomic E-state index is 11.8. The first-order valence-corrected chi connectivity index (χ1v) is 6.19. The Labute approximate surface area is 107 Å². The van der Waals surface area contributed by atoms with Crippen LogP contribution in [0.4, 0.5) is 0 Å². The second kappa shape index (κ2) is 4.61. The van der Waals surface area contributed by atoms with E-state index in [2.05, 4.69) is 24.3 Å². The Morgan fingerprint density at radius 1 is 0.611 bits per heavy atom.